The SMILES string of the molecule is Cc1ccc(S(=O)(=O)CCCC(=O)Nc2nnc(-c3cccc(C)c3)o2)cc1. The first-order valence-electron chi connectivity index (χ1n) is 8.83. The molecular formula is C20H21N3O4S. The Morgan fingerprint density at radius 3 is 2.50 bits per heavy atom. The van der Waals surface area contributed by atoms with E-state index >= 15 is 0 Å². The molecule has 3 aromatic rings. The lowest BCUT2D eigenvalue weighted by atomic mass is 10.1. The molecule has 0 saturated heterocycles. The lowest BCUT2D eigenvalue weighted by molar-refractivity contribution is -0.116. The Morgan fingerprint density at radius 2 is 1.79 bits per heavy atom. The van der Waals surface area contributed by atoms with Crippen molar-refractivity contribution < 1.29 is 17.6 Å². The largest absolute Gasteiger partial charge is 0.403 e. The lowest BCUT2D eigenvalue weighted by Crippen LogP contribution is -2.14. The van der Waals surface area contributed by atoms with Crippen molar-refractivity contribution in [1.82, 2.24) is 10.2 Å². The van der Waals surface area contributed by atoms with Crippen molar-refractivity contribution in [3.05, 3.63) is 59.7 Å². The van der Waals surface area contributed by atoms with E-state index in [1.165, 1.54) is 0 Å². The first kappa shape index (κ1) is 19.8. The molecule has 1 amide bonds. The molecule has 0 fully saturated rings. The monoisotopic (exact) mass is 399 g/mol. The number of sulfone groups is 1. The highest BCUT2D eigenvalue weighted by molar-refractivity contribution is 7.91. The van der Waals surface area contributed by atoms with Crippen molar-refractivity contribution in [1.29, 1.82) is 0 Å². The maximum atomic E-state index is 12.3. The standard InChI is InChI=1S/C20H21N3O4S/c1-14-8-10-17(11-9-14)28(25,26)12-4-7-18(24)21-20-23-22-19(27-20)16-6-3-5-15(2)13-16/h3,5-6,8-11,13H,4,7,12H2,1-2H3,(H,21,23,24). The topological polar surface area (TPSA) is 102 Å². The molecule has 3 rings (SSSR count). The van der Waals surface area contributed by atoms with Crippen LogP contribution in [0.3, 0.4) is 0 Å². The van der Waals surface area contributed by atoms with Gasteiger partial charge in [-0.05, 0) is 44.5 Å². The zero-order valence-electron chi connectivity index (χ0n) is 15.7. The highest BCUT2D eigenvalue weighted by Crippen LogP contribution is 2.21. The van der Waals surface area contributed by atoms with Crippen LogP contribution in [0.2, 0.25) is 0 Å². The summed E-state index contributed by atoms with van der Waals surface area (Å²) in [6.45, 7) is 3.84. The number of nitrogens with one attached hydrogen (secondary N) is 1. The number of carbonyl (C=O) groups is 1. The van der Waals surface area contributed by atoms with Crippen LogP contribution in [0.5, 0.6) is 0 Å². The molecule has 0 atom stereocenters. The van der Waals surface area contributed by atoms with Gasteiger partial charge in [0.1, 0.15) is 0 Å². The molecule has 28 heavy (non-hydrogen) atoms. The number of benzene rings is 2. The number of aromatic nitrogens is 2. The second-order valence-corrected chi connectivity index (χ2v) is 8.67. The maximum absolute atomic E-state index is 12.3. The molecule has 7 nitrogen and oxygen atoms in total. The average molecular weight is 399 g/mol. The highest BCUT2D eigenvalue weighted by Gasteiger charge is 2.16. The van der Waals surface area contributed by atoms with E-state index < -0.39 is 9.84 Å². The van der Waals surface area contributed by atoms with Gasteiger partial charge in [-0.3, -0.25) is 10.1 Å². The molecule has 8 heteroatoms. The number of rotatable bonds is 7. The molecule has 1 aromatic heterocycles. The van der Waals surface area contributed by atoms with Gasteiger partial charge in [-0.15, -0.1) is 5.10 Å². The van der Waals surface area contributed by atoms with E-state index in [-0.39, 0.29) is 35.4 Å². The smallest absolute Gasteiger partial charge is 0.322 e. The summed E-state index contributed by atoms with van der Waals surface area (Å²) in [7, 11) is -3.41. The summed E-state index contributed by atoms with van der Waals surface area (Å²) in [5.41, 5.74) is 2.80. The van der Waals surface area contributed by atoms with Gasteiger partial charge in [-0.25, -0.2) is 8.42 Å². The van der Waals surface area contributed by atoms with Crippen molar-refractivity contribution >= 4 is 21.8 Å². The number of aryl methyl sites for hydroxylation is 2. The van der Waals surface area contributed by atoms with E-state index in [0.717, 1.165) is 16.7 Å². The second kappa shape index (κ2) is 8.35. The highest BCUT2D eigenvalue weighted by atomic mass is 32.2. The number of carbonyl (C=O) groups excluding carboxylic acids is 1. The van der Waals surface area contributed by atoms with Crippen LogP contribution in [0.1, 0.15) is 24.0 Å². The van der Waals surface area contributed by atoms with Gasteiger partial charge in [0.2, 0.25) is 11.8 Å². The van der Waals surface area contributed by atoms with Gasteiger partial charge in [0.05, 0.1) is 10.6 Å². The second-order valence-electron chi connectivity index (χ2n) is 6.57. The molecule has 0 aliphatic heterocycles. The van der Waals surface area contributed by atoms with E-state index in [1.54, 1.807) is 24.3 Å². The van der Waals surface area contributed by atoms with E-state index in [1.807, 2.05) is 38.1 Å². The van der Waals surface area contributed by atoms with Crippen molar-refractivity contribution in [3.8, 4) is 11.5 Å². The maximum Gasteiger partial charge on any atom is 0.322 e. The quantitative estimate of drug-likeness (QED) is 0.652. The van der Waals surface area contributed by atoms with Crippen molar-refractivity contribution in [3.63, 3.8) is 0 Å². The third-order valence-corrected chi connectivity index (χ3v) is 5.95. The normalized spacial score (nSPS) is 11.4. The Kier molecular flexibility index (Phi) is 5.89. The van der Waals surface area contributed by atoms with Crippen LogP contribution in [-0.4, -0.2) is 30.3 Å². The zero-order valence-corrected chi connectivity index (χ0v) is 16.5. The fraction of sp³-hybridized carbons (Fsp3) is 0.250. The van der Waals surface area contributed by atoms with Gasteiger partial charge in [0.25, 0.3) is 0 Å². The summed E-state index contributed by atoms with van der Waals surface area (Å²) in [6, 6.07) is 14.2. The van der Waals surface area contributed by atoms with Gasteiger partial charge in [0.15, 0.2) is 9.84 Å². The van der Waals surface area contributed by atoms with Crippen LogP contribution in [0.4, 0.5) is 6.01 Å². The van der Waals surface area contributed by atoms with E-state index in [2.05, 4.69) is 15.5 Å². The Balaban J connectivity index is 1.53. The fourth-order valence-electron chi connectivity index (χ4n) is 2.64. The molecule has 0 radical (unpaired) electrons. The number of nitrogens with zero attached hydrogens (tertiary/aromatic N) is 2. The van der Waals surface area contributed by atoms with Crippen LogP contribution in [0.15, 0.2) is 57.8 Å². The molecule has 2 aromatic carbocycles. The number of amides is 1. The minimum Gasteiger partial charge on any atom is -0.403 e. The van der Waals surface area contributed by atoms with E-state index in [9.17, 15) is 13.2 Å². The van der Waals surface area contributed by atoms with Crippen LogP contribution < -0.4 is 5.32 Å². The first-order valence-corrected chi connectivity index (χ1v) is 10.5. The van der Waals surface area contributed by atoms with Crippen molar-refractivity contribution in [2.24, 2.45) is 0 Å². The van der Waals surface area contributed by atoms with E-state index in [4.69, 9.17) is 4.42 Å². The number of anilines is 1. The zero-order chi connectivity index (χ0) is 20.1. The molecule has 0 aliphatic carbocycles. The summed E-state index contributed by atoms with van der Waals surface area (Å²) < 4.78 is 30.0. The minimum atomic E-state index is -3.41. The van der Waals surface area contributed by atoms with Gasteiger partial charge in [0, 0.05) is 12.0 Å². The van der Waals surface area contributed by atoms with Crippen LogP contribution in [0, 0.1) is 13.8 Å². The molecular weight excluding hydrogens is 378 g/mol. The van der Waals surface area contributed by atoms with Gasteiger partial charge < -0.3 is 4.42 Å². The van der Waals surface area contributed by atoms with Crippen molar-refractivity contribution in [2.45, 2.75) is 31.6 Å². The van der Waals surface area contributed by atoms with Crippen LogP contribution in [0.25, 0.3) is 11.5 Å². The van der Waals surface area contributed by atoms with Gasteiger partial charge >= 0.3 is 6.01 Å². The first-order chi connectivity index (χ1) is 13.3. The van der Waals surface area contributed by atoms with Gasteiger partial charge in [-0.2, -0.15) is 0 Å². The van der Waals surface area contributed by atoms with Crippen LogP contribution >= 0.6 is 0 Å². The molecule has 0 spiro atoms. The lowest BCUT2D eigenvalue weighted by Gasteiger charge is -2.05. The molecule has 0 bridgehead atoms. The third kappa shape index (κ3) is 5.04. The minimum absolute atomic E-state index is 0.0112. The molecule has 0 saturated carbocycles. The number of hydrogen-bond acceptors (Lipinski definition) is 6. The Hall–Kier alpha value is -3.00. The summed E-state index contributed by atoms with van der Waals surface area (Å²) >= 11 is 0. The van der Waals surface area contributed by atoms with Gasteiger partial charge in [-0.1, -0.05) is 40.5 Å². The Morgan fingerprint density at radius 1 is 1.04 bits per heavy atom. The average Bonchev–Trinajstić information content (AvgIpc) is 3.10. The number of hydrogen-bond donors (Lipinski definition) is 1. The predicted molar refractivity (Wildman–Crippen MR) is 106 cm³/mol. The Bertz CT molecular complexity index is 1070. The predicted octanol–water partition coefficient (Wildman–Crippen LogP) is 3.55. The fourth-order valence-corrected chi connectivity index (χ4v) is 3.95. The van der Waals surface area contributed by atoms with Crippen LogP contribution in [-0.2, 0) is 14.6 Å². The summed E-state index contributed by atoms with van der Waals surface area (Å²) in [5, 5.41) is 10.2. The summed E-state index contributed by atoms with van der Waals surface area (Å²) in [5.74, 6) is -0.179. The molecule has 146 valence electrons. The summed E-state index contributed by atoms with van der Waals surface area (Å²) in [4.78, 5) is 12.3. The molecule has 1 heterocycles. The summed E-state index contributed by atoms with van der Waals surface area (Å²) in [6.07, 6.45) is 0.230. The molecule has 0 aliphatic rings. The van der Waals surface area contributed by atoms with E-state index in [0.29, 0.717) is 5.89 Å². The Labute approximate surface area is 163 Å². The van der Waals surface area contributed by atoms with Crippen molar-refractivity contribution in [2.75, 3.05) is 11.1 Å². The molecule has 1 N–H and O–H groups in total. The molecule has 0 unspecified atom stereocenters. The third-order valence-electron chi connectivity index (χ3n) is 4.13.